The fraction of sp³-hybridized carbons (Fsp3) is 0.471. The molecule has 24 heavy (non-hydrogen) atoms. The van der Waals surface area contributed by atoms with Crippen LogP contribution in [0.15, 0.2) is 30.5 Å². The van der Waals surface area contributed by atoms with Crippen molar-refractivity contribution >= 4 is 17.5 Å². The van der Waals surface area contributed by atoms with Gasteiger partial charge >= 0.3 is 0 Å². The minimum Gasteiger partial charge on any atom is -0.396 e. The van der Waals surface area contributed by atoms with Gasteiger partial charge < -0.3 is 10.0 Å². The highest BCUT2D eigenvalue weighted by Gasteiger charge is 2.34. The van der Waals surface area contributed by atoms with Crippen molar-refractivity contribution in [2.24, 2.45) is 5.41 Å². The first-order valence-corrected chi connectivity index (χ1v) is 8.54. The number of para-hydroxylation sites is 1. The molecule has 0 spiro atoms. The van der Waals surface area contributed by atoms with Crippen LogP contribution in [-0.2, 0) is 0 Å². The number of halogens is 1. The molecule has 2 aromatic rings. The summed E-state index contributed by atoms with van der Waals surface area (Å²) in [7, 11) is 0. The molecular formula is C17H21ClN4O2. The molecule has 1 aromatic carbocycles. The van der Waals surface area contributed by atoms with Crippen LogP contribution in [-0.4, -0.2) is 50.6 Å². The molecule has 0 aliphatic carbocycles. The van der Waals surface area contributed by atoms with Crippen LogP contribution in [0.1, 0.15) is 36.7 Å². The fourth-order valence-electron chi connectivity index (χ4n) is 3.09. The molecule has 7 heteroatoms. The molecule has 1 saturated heterocycles. The number of hydrogen-bond acceptors (Lipinski definition) is 4. The summed E-state index contributed by atoms with van der Waals surface area (Å²) in [6, 6.07) is 7.28. The van der Waals surface area contributed by atoms with E-state index < -0.39 is 0 Å². The molecule has 1 aromatic heterocycles. The van der Waals surface area contributed by atoms with Crippen molar-refractivity contribution < 1.29 is 9.90 Å². The topological polar surface area (TPSA) is 71.2 Å². The monoisotopic (exact) mass is 348 g/mol. The van der Waals surface area contributed by atoms with Gasteiger partial charge in [0.1, 0.15) is 0 Å². The van der Waals surface area contributed by atoms with E-state index in [2.05, 4.69) is 17.2 Å². The second-order valence-corrected chi connectivity index (χ2v) is 6.71. The van der Waals surface area contributed by atoms with Crippen LogP contribution >= 0.6 is 11.6 Å². The maximum absolute atomic E-state index is 12.6. The van der Waals surface area contributed by atoms with E-state index in [1.807, 2.05) is 18.2 Å². The Hall–Kier alpha value is -1.92. The third-order valence-electron chi connectivity index (χ3n) is 5.01. The number of aliphatic hydroxyl groups is 1. The van der Waals surface area contributed by atoms with Gasteiger partial charge in [-0.15, -0.1) is 5.10 Å². The summed E-state index contributed by atoms with van der Waals surface area (Å²) in [6.45, 7) is 3.52. The molecule has 1 fully saturated rings. The van der Waals surface area contributed by atoms with Crippen molar-refractivity contribution in [2.45, 2.75) is 26.2 Å². The molecule has 1 amide bonds. The van der Waals surface area contributed by atoms with E-state index in [9.17, 15) is 9.90 Å². The molecule has 3 rings (SSSR count). The Morgan fingerprint density at radius 1 is 1.33 bits per heavy atom. The van der Waals surface area contributed by atoms with Crippen LogP contribution in [0.4, 0.5) is 0 Å². The van der Waals surface area contributed by atoms with Crippen LogP contribution in [0.5, 0.6) is 0 Å². The maximum atomic E-state index is 12.6. The molecule has 128 valence electrons. The number of aromatic nitrogens is 3. The number of amides is 1. The summed E-state index contributed by atoms with van der Waals surface area (Å²) >= 11 is 6.15. The van der Waals surface area contributed by atoms with Gasteiger partial charge in [0.05, 0.1) is 16.9 Å². The molecule has 6 nitrogen and oxygen atoms in total. The van der Waals surface area contributed by atoms with Crippen molar-refractivity contribution in [3.8, 4) is 5.69 Å². The first-order valence-electron chi connectivity index (χ1n) is 8.16. The summed E-state index contributed by atoms with van der Waals surface area (Å²) < 4.78 is 1.52. The van der Waals surface area contributed by atoms with E-state index in [-0.39, 0.29) is 17.9 Å². The first kappa shape index (κ1) is 16.9. The minimum absolute atomic E-state index is 0.0496. The number of benzene rings is 1. The minimum atomic E-state index is -0.129. The Morgan fingerprint density at radius 2 is 2.04 bits per heavy atom. The van der Waals surface area contributed by atoms with Crippen molar-refractivity contribution in [1.29, 1.82) is 0 Å². The number of aliphatic hydroxyl groups excluding tert-OH is 1. The lowest BCUT2D eigenvalue weighted by Gasteiger charge is -2.39. The molecule has 2 heterocycles. The van der Waals surface area contributed by atoms with Crippen molar-refractivity contribution in [2.75, 3.05) is 19.7 Å². The molecule has 0 radical (unpaired) electrons. The average molecular weight is 349 g/mol. The number of nitrogens with zero attached hydrogens (tertiary/aromatic N) is 4. The Balaban J connectivity index is 1.72. The molecule has 1 N–H and O–H groups in total. The lowest BCUT2D eigenvalue weighted by atomic mass is 9.77. The largest absolute Gasteiger partial charge is 0.396 e. The van der Waals surface area contributed by atoms with E-state index in [0.29, 0.717) is 29.5 Å². The van der Waals surface area contributed by atoms with E-state index in [1.165, 1.54) is 4.68 Å². The Kier molecular flexibility index (Phi) is 4.87. The number of carbonyl (C=O) groups is 1. The van der Waals surface area contributed by atoms with Crippen LogP contribution in [0.25, 0.3) is 5.69 Å². The van der Waals surface area contributed by atoms with E-state index >= 15 is 0 Å². The van der Waals surface area contributed by atoms with Crippen LogP contribution in [0, 0.1) is 5.41 Å². The third kappa shape index (κ3) is 3.16. The smallest absolute Gasteiger partial charge is 0.276 e. The van der Waals surface area contributed by atoms with Gasteiger partial charge in [0.15, 0.2) is 5.69 Å². The summed E-state index contributed by atoms with van der Waals surface area (Å²) in [5.74, 6) is -0.129. The van der Waals surface area contributed by atoms with E-state index in [0.717, 1.165) is 19.3 Å². The lowest BCUT2D eigenvalue weighted by molar-refractivity contribution is 0.0334. The van der Waals surface area contributed by atoms with Gasteiger partial charge in [-0.25, -0.2) is 4.68 Å². The summed E-state index contributed by atoms with van der Waals surface area (Å²) in [5, 5.41) is 18.2. The number of rotatable bonds is 4. The summed E-state index contributed by atoms with van der Waals surface area (Å²) in [4.78, 5) is 14.4. The standard InChI is InChI=1S/C17H21ClN4O2/c1-2-17(12-23)7-9-21(10-8-17)16(24)14-11-22(20-19-14)15-6-4-3-5-13(15)18/h3-6,11,23H,2,7-10,12H2,1H3. The van der Waals surface area contributed by atoms with Crippen molar-refractivity contribution in [3.63, 3.8) is 0 Å². The highest BCUT2D eigenvalue weighted by molar-refractivity contribution is 6.32. The molecule has 0 saturated carbocycles. The Labute approximate surface area is 146 Å². The third-order valence-corrected chi connectivity index (χ3v) is 5.33. The number of likely N-dealkylation sites (tertiary alicyclic amines) is 1. The highest BCUT2D eigenvalue weighted by Crippen LogP contribution is 2.34. The molecule has 0 atom stereocenters. The quantitative estimate of drug-likeness (QED) is 0.921. The highest BCUT2D eigenvalue weighted by atomic mass is 35.5. The van der Waals surface area contributed by atoms with Gasteiger partial charge in [-0.2, -0.15) is 0 Å². The number of hydrogen-bond donors (Lipinski definition) is 1. The zero-order valence-corrected chi connectivity index (χ0v) is 14.4. The van der Waals surface area contributed by atoms with Gasteiger partial charge in [0.25, 0.3) is 5.91 Å². The molecule has 0 bridgehead atoms. The predicted octanol–water partition coefficient (Wildman–Crippen LogP) is 2.55. The molecule has 1 aliphatic heterocycles. The van der Waals surface area contributed by atoms with Crippen molar-refractivity contribution in [1.82, 2.24) is 19.9 Å². The van der Waals surface area contributed by atoms with Crippen molar-refractivity contribution in [3.05, 3.63) is 41.2 Å². The second kappa shape index (κ2) is 6.91. The summed E-state index contributed by atoms with van der Waals surface area (Å²) in [6.07, 6.45) is 4.15. The molecule has 1 aliphatic rings. The van der Waals surface area contributed by atoms with Gasteiger partial charge in [-0.05, 0) is 36.8 Å². The van der Waals surface area contributed by atoms with Crippen LogP contribution < -0.4 is 0 Å². The fourth-order valence-corrected chi connectivity index (χ4v) is 3.31. The van der Waals surface area contributed by atoms with Crippen LogP contribution in [0.3, 0.4) is 0 Å². The second-order valence-electron chi connectivity index (χ2n) is 6.30. The van der Waals surface area contributed by atoms with Gasteiger partial charge in [0, 0.05) is 19.7 Å². The zero-order chi connectivity index (χ0) is 17.2. The zero-order valence-electron chi connectivity index (χ0n) is 13.7. The number of carbonyl (C=O) groups excluding carboxylic acids is 1. The van der Waals surface area contributed by atoms with Crippen LogP contribution in [0.2, 0.25) is 5.02 Å². The van der Waals surface area contributed by atoms with Gasteiger partial charge in [-0.3, -0.25) is 4.79 Å². The summed E-state index contributed by atoms with van der Waals surface area (Å²) in [5.41, 5.74) is 0.948. The Morgan fingerprint density at radius 3 is 2.67 bits per heavy atom. The van der Waals surface area contributed by atoms with Gasteiger partial charge in [-0.1, -0.05) is 35.9 Å². The normalized spacial score (nSPS) is 17.0. The average Bonchev–Trinajstić information content (AvgIpc) is 3.11. The number of piperidine rings is 1. The first-order chi connectivity index (χ1) is 11.6. The van der Waals surface area contributed by atoms with E-state index in [4.69, 9.17) is 11.6 Å². The SMILES string of the molecule is CCC1(CO)CCN(C(=O)c2cn(-c3ccccc3Cl)nn2)CC1. The van der Waals surface area contributed by atoms with Gasteiger partial charge in [0.2, 0.25) is 0 Å². The predicted molar refractivity (Wildman–Crippen MR) is 91.3 cm³/mol. The molecule has 0 unspecified atom stereocenters. The maximum Gasteiger partial charge on any atom is 0.276 e. The molecular weight excluding hydrogens is 328 g/mol. The van der Waals surface area contributed by atoms with E-state index in [1.54, 1.807) is 17.2 Å². The Bertz CT molecular complexity index is 717. The lowest BCUT2D eigenvalue weighted by Crippen LogP contribution is -2.44.